The maximum absolute atomic E-state index is 6.10. The molecule has 0 aliphatic rings. The van der Waals surface area contributed by atoms with Crippen LogP contribution in [0.2, 0.25) is 5.02 Å². The summed E-state index contributed by atoms with van der Waals surface area (Å²) in [5.74, 6) is 0.807. The molecule has 2 aromatic carbocycles. The summed E-state index contributed by atoms with van der Waals surface area (Å²) in [4.78, 5) is 7.82. The second-order valence-corrected chi connectivity index (χ2v) is 4.70. The zero-order valence-corrected chi connectivity index (χ0v) is 10.6. The van der Waals surface area contributed by atoms with Crippen LogP contribution < -0.4 is 5.73 Å². The molecule has 4 heteroatoms. The van der Waals surface area contributed by atoms with E-state index in [1.165, 1.54) is 0 Å². The zero-order chi connectivity index (χ0) is 12.7. The van der Waals surface area contributed by atoms with Crippen molar-refractivity contribution in [3.05, 3.63) is 47.0 Å². The van der Waals surface area contributed by atoms with E-state index in [0.717, 1.165) is 28.0 Å². The normalized spacial score (nSPS) is 11.0. The van der Waals surface area contributed by atoms with Crippen molar-refractivity contribution in [1.82, 2.24) is 9.97 Å². The van der Waals surface area contributed by atoms with Gasteiger partial charge in [-0.15, -0.1) is 0 Å². The van der Waals surface area contributed by atoms with Gasteiger partial charge in [-0.1, -0.05) is 23.7 Å². The number of nitrogens with zero attached hydrogens (tertiary/aromatic N) is 1. The Morgan fingerprint density at radius 2 is 2.00 bits per heavy atom. The highest BCUT2D eigenvalue weighted by Gasteiger charge is 2.08. The van der Waals surface area contributed by atoms with E-state index in [1.807, 2.05) is 43.3 Å². The third-order valence-electron chi connectivity index (χ3n) is 3.00. The summed E-state index contributed by atoms with van der Waals surface area (Å²) in [7, 11) is 0. The molecule has 0 fully saturated rings. The molecule has 3 nitrogen and oxygen atoms in total. The van der Waals surface area contributed by atoms with E-state index < -0.39 is 0 Å². The molecular weight excluding hydrogens is 246 g/mol. The summed E-state index contributed by atoms with van der Waals surface area (Å²) < 4.78 is 0. The number of nitrogen functional groups attached to an aromatic ring is 1. The Hall–Kier alpha value is -2.00. The first kappa shape index (κ1) is 11.1. The number of rotatable bonds is 1. The first-order valence-electron chi connectivity index (χ1n) is 5.66. The largest absolute Gasteiger partial charge is 0.397 e. The molecule has 0 aliphatic carbocycles. The summed E-state index contributed by atoms with van der Waals surface area (Å²) in [6.45, 7) is 1.94. The van der Waals surface area contributed by atoms with Crippen LogP contribution in [0.15, 0.2) is 36.4 Å². The van der Waals surface area contributed by atoms with Crippen LogP contribution in [0.4, 0.5) is 5.69 Å². The predicted molar refractivity (Wildman–Crippen MR) is 75.7 cm³/mol. The minimum absolute atomic E-state index is 0.561. The van der Waals surface area contributed by atoms with Crippen LogP contribution in [0, 0.1) is 6.92 Å². The number of halogens is 1. The molecule has 0 saturated carbocycles. The van der Waals surface area contributed by atoms with Crippen LogP contribution in [0.1, 0.15) is 5.56 Å². The second-order valence-electron chi connectivity index (χ2n) is 4.29. The fraction of sp³-hybridized carbons (Fsp3) is 0.0714. The zero-order valence-electron chi connectivity index (χ0n) is 9.87. The highest BCUT2D eigenvalue weighted by atomic mass is 35.5. The van der Waals surface area contributed by atoms with Crippen LogP contribution in [0.25, 0.3) is 22.4 Å². The van der Waals surface area contributed by atoms with Crippen molar-refractivity contribution in [3.63, 3.8) is 0 Å². The molecule has 18 heavy (non-hydrogen) atoms. The number of nitrogens with two attached hydrogens (primary N) is 1. The smallest absolute Gasteiger partial charge is 0.138 e. The fourth-order valence-electron chi connectivity index (χ4n) is 1.98. The van der Waals surface area contributed by atoms with Crippen molar-refractivity contribution < 1.29 is 0 Å². The maximum atomic E-state index is 6.10. The van der Waals surface area contributed by atoms with E-state index in [2.05, 4.69) is 9.97 Å². The summed E-state index contributed by atoms with van der Waals surface area (Å²) in [6.07, 6.45) is 0. The van der Waals surface area contributed by atoms with Gasteiger partial charge in [-0.05, 0) is 36.8 Å². The van der Waals surface area contributed by atoms with Crippen molar-refractivity contribution >= 4 is 28.3 Å². The lowest BCUT2D eigenvalue weighted by atomic mass is 10.1. The SMILES string of the molecule is Cc1cc(-c2nc3ccccc3[nH]2)cc(Cl)c1N. The molecule has 0 saturated heterocycles. The van der Waals surface area contributed by atoms with E-state index in [-0.39, 0.29) is 0 Å². The van der Waals surface area contributed by atoms with Crippen molar-refractivity contribution in [2.45, 2.75) is 6.92 Å². The number of benzene rings is 2. The Morgan fingerprint density at radius 3 is 2.72 bits per heavy atom. The molecule has 3 aromatic rings. The maximum Gasteiger partial charge on any atom is 0.138 e. The molecule has 1 heterocycles. The Labute approximate surface area is 110 Å². The van der Waals surface area contributed by atoms with Gasteiger partial charge >= 0.3 is 0 Å². The highest BCUT2D eigenvalue weighted by Crippen LogP contribution is 2.29. The Morgan fingerprint density at radius 1 is 1.22 bits per heavy atom. The number of fused-ring (bicyclic) bond motifs is 1. The van der Waals surface area contributed by atoms with Gasteiger partial charge in [-0.25, -0.2) is 4.98 Å². The third kappa shape index (κ3) is 1.73. The van der Waals surface area contributed by atoms with Gasteiger partial charge in [0.25, 0.3) is 0 Å². The number of hydrogen-bond acceptors (Lipinski definition) is 2. The number of aryl methyl sites for hydroxylation is 1. The lowest BCUT2D eigenvalue weighted by molar-refractivity contribution is 1.32. The van der Waals surface area contributed by atoms with Crippen LogP contribution >= 0.6 is 11.6 Å². The minimum atomic E-state index is 0.561. The van der Waals surface area contributed by atoms with E-state index in [9.17, 15) is 0 Å². The predicted octanol–water partition coefficient (Wildman–Crippen LogP) is 3.77. The van der Waals surface area contributed by atoms with Crippen molar-refractivity contribution in [2.24, 2.45) is 0 Å². The van der Waals surface area contributed by atoms with Crippen LogP contribution in [0.5, 0.6) is 0 Å². The monoisotopic (exact) mass is 257 g/mol. The molecule has 0 spiro atoms. The summed E-state index contributed by atoms with van der Waals surface area (Å²) in [6, 6.07) is 11.7. The van der Waals surface area contributed by atoms with Gasteiger partial charge in [-0.3, -0.25) is 0 Å². The molecule has 0 atom stereocenters. The van der Waals surface area contributed by atoms with Crippen molar-refractivity contribution in [3.8, 4) is 11.4 Å². The molecule has 0 amide bonds. The molecule has 3 N–H and O–H groups in total. The van der Waals surface area contributed by atoms with Gasteiger partial charge < -0.3 is 10.7 Å². The van der Waals surface area contributed by atoms with Gasteiger partial charge in [0.1, 0.15) is 5.82 Å². The van der Waals surface area contributed by atoms with Gasteiger partial charge in [0.15, 0.2) is 0 Å². The molecular formula is C14H12ClN3. The third-order valence-corrected chi connectivity index (χ3v) is 3.31. The van der Waals surface area contributed by atoms with Crippen LogP contribution in [-0.4, -0.2) is 9.97 Å². The number of H-pyrrole nitrogens is 1. The van der Waals surface area contributed by atoms with E-state index >= 15 is 0 Å². The van der Waals surface area contributed by atoms with Crippen LogP contribution in [0.3, 0.4) is 0 Å². The molecule has 0 bridgehead atoms. The highest BCUT2D eigenvalue weighted by molar-refractivity contribution is 6.33. The summed E-state index contributed by atoms with van der Waals surface area (Å²) in [5, 5.41) is 0.561. The Kier molecular flexibility index (Phi) is 2.49. The van der Waals surface area contributed by atoms with Gasteiger partial charge in [0.05, 0.1) is 21.7 Å². The molecule has 0 aliphatic heterocycles. The Balaban J connectivity index is 2.20. The minimum Gasteiger partial charge on any atom is -0.397 e. The fourth-order valence-corrected chi connectivity index (χ4v) is 2.25. The topological polar surface area (TPSA) is 54.7 Å². The number of nitrogens with one attached hydrogen (secondary N) is 1. The Bertz CT molecular complexity index is 675. The van der Waals surface area contributed by atoms with Gasteiger partial charge in [0.2, 0.25) is 0 Å². The number of para-hydroxylation sites is 2. The van der Waals surface area contributed by atoms with E-state index in [4.69, 9.17) is 17.3 Å². The first-order chi connectivity index (χ1) is 8.65. The van der Waals surface area contributed by atoms with Crippen LogP contribution in [-0.2, 0) is 0 Å². The quantitative estimate of drug-likeness (QED) is 0.652. The number of aromatic amines is 1. The lowest BCUT2D eigenvalue weighted by Gasteiger charge is -2.05. The molecule has 0 radical (unpaired) electrons. The standard InChI is InChI=1S/C14H12ClN3/c1-8-6-9(7-10(15)13(8)16)14-17-11-4-2-3-5-12(11)18-14/h2-7H,16H2,1H3,(H,17,18). The molecule has 3 rings (SSSR count). The van der Waals surface area contributed by atoms with Gasteiger partial charge in [0, 0.05) is 5.56 Å². The number of anilines is 1. The summed E-state index contributed by atoms with van der Waals surface area (Å²) in [5.41, 5.74) is 10.3. The van der Waals surface area contributed by atoms with Gasteiger partial charge in [-0.2, -0.15) is 0 Å². The average Bonchev–Trinajstić information content (AvgIpc) is 2.79. The molecule has 90 valence electrons. The lowest BCUT2D eigenvalue weighted by Crippen LogP contribution is -1.92. The van der Waals surface area contributed by atoms with E-state index in [1.54, 1.807) is 0 Å². The molecule has 1 aromatic heterocycles. The number of hydrogen-bond donors (Lipinski definition) is 2. The first-order valence-corrected chi connectivity index (χ1v) is 6.03. The number of aromatic nitrogens is 2. The number of imidazole rings is 1. The average molecular weight is 258 g/mol. The summed E-state index contributed by atoms with van der Waals surface area (Å²) >= 11 is 6.10. The second kappa shape index (κ2) is 4.03. The molecule has 0 unspecified atom stereocenters. The van der Waals surface area contributed by atoms with Crippen molar-refractivity contribution in [1.29, 1.82) is 0 Å². The van der Waals surface area contributed by atoms with Crippen molar-refractivity contribution in [2.75, 3.05) is 5.73 Å². The van der Waals surface area contributed by atoms with E-state index in [0.29, 0.717) is 10.7 Å².